The first kappa shape index (κ1) is 13.7. The van der Waals surface area contributed by atoms with E-state index in [1.807, 2.05) is 12.1 Å². The molecular weight excluding hydrogens is 264 g/mol. The lowest BCUT2D eigenvalue weighted by atomic mass is 9.76. The Morgan fingerprint density at radius 2 is 2.05 bits per heavy atom. The van der Waals surface area contributed by atoms with Crippen molar-refractivity contribution in [2.75, 3.05) is 5.32 Å². The minimum Gasteiger partial charge on any atom is -0.356 e. The van der Waals surface area contributed by atoms with Crippen LogP contribution in [-0.4, -0.2) is 17.8 Å². The summed E-state index contributed by atoms with van der Waals surface area (Å²) < 4.78 is 0. The van der Waals surface area contributed by atoms with Crippen LogP contribution >= 0.6 is 0 Å². The van der Waals surface area contributed by atoms with E-state index >= 15 is 0 Å². The van der Waals surface area contributed by atoms with Crippen LogP contribution in [0.25, 0.3) is 0 Å². The summed E-state index contributed by atoms with van der Waals surface area (Å²) in [5.41, 5.74) is 3.44. The molecule has 3 rings (SSSR count). The third-order valence-corrected chi connectivity index (χ3v) is 3.95. The molecule has 1 aromatic rings. The van der Waals surface area contributed by atoms with E-state index in [1.165, 1.54) is 6.92 Å². The highest BCUT2D eigenvalue weighted by Crippen LogP contribution is 2.40. The summed E-state index contributed by atoms with van der Waals surface area (Å²) in [7, 11) is 0. The van der Waals surface area contributed by atoms with Crippen molar-refractivity contribution in [3.05, 3.63) is 35.0 Å². The molecule has 0 saturated heterocycles. The predicted molar refractivity (Wildman–Crippen MR) is 83.3 cm³/mol. The average Bonchev–Trinajstić information content (AvgIpc) is 2.55. The Morgan fingerprint density at radius 1 is 1.29 bits per heavy atom. The van der Waals surface area contributed by atoms with E-state index in [9.17, 15) is 9.59 Å². The highest BCUT2D eigenvalue weighted by Gasteiger charge is 2.33. The molecule has 108 valence electrons. The molecule has 0 amide bonds. The maximum absolute atomic E-state index is 12.3. The molecule has 0 fully saturated rings. The molecule has 4 heteroatoms. The minimum atomic E-state index is -0.0770. The van der Waals surface area contributed by atoms with Crippen LogP contribution in [0.3, 0.4) is 0 Å². The van der Waals surface area contributed by atoms with Gasteiger partial charge in [0.25, 0.3) is 0 Å². The summed E-state index contributed by atoms with van der Waals surface area (Å²) in [6, 6.07) is 5.44. The lowest BCUT2D eigenvalue weighted by molar-refractivity contribution is -0.117. The van der Waals surface area contributed by atoms with E-state index in [0.717, 1.165) is 12.1 Å². The summed E-state index contributed by atoms with van der Waals surface area (Å²) >= 11 is 0. The van der Waals surface area contributed by atoms with E-state index in [1.54, 1.807) is 12.3 Å². The number of allylic oxidation sites excluding steroid dienone is 2. The second kappa shape index (κ2) is 4.65. The maximum Gasteiger partial charge on any atom is 0.166 e. The molecule has 0 bridgehead atoms. The van der Waals surface area contributed by atoms with Crippen molar-refractivity contribution in [3.8, 4) is 0 Å². The number of carbonyl (C=O) groups excluding carboxylic acids is 2. The Kier molecular flexibility index (Phi) is 3.04. The first-order chi connectivity index (χ1) is 9.87. The zero-order chi connectivity index (χ0) is 15.2. The smallest absolute Gasteiger partial charge is 0.166 e. The average molecular weight is 282 g/mol. The first-order valence-corrected chi connectivity index (χ1v) is 7.09. The second-order valence-corrected chi connectivity index (χ2v) is 6.47. The van der Waals surface area contributed by atoms with Crippen LogP contribution < -0.4 is 5.32 Å². The largest absolute Gasteiger partial charge is 0.356 e. The molecule has 0 radical (unpaired) electrons. The van der Waals surface area contributed by atoms with Gasteiger partial charge < -0.3 is 5.32 Å². The SMILES string of the molecule is CC(=O)c1cccc2c1NC1=C(C=N2)C(=O)CC(C)(C)C1. The molecule has 1 N–H and O–H groups in total. The van der Waals surface area contributed by atoms with Crippen molar-refractivity contribution in [3.63, 3.8) is 0 Å². The number of fused-ring (bicyclic) bond motifs is 1. The number of carbonyl (C=O) groups is 2. The van der Waals surface area contributed by atoms with Gasteiger partial charge in [0.1, 0.15) is 0 Å². The molecule has 1 aromatic carbocycles. The van der Waals surface area contributed by atoms with Crippen molar-refractivity contribution in [2.24, 2.45) is 10.4 Å². The van der Waals surface area contributed by atoms with Crippen molar-refractivity contribution in [1.29, 1.82) is 0 Å². The lowest BCUT2D eigenvalue weighted by Gasteiger charge is -2.31. The van der Waals surface area contributed by atoms with E-state index in [2.05, 4.69) is 24.2 Å². The highest BCUT2D eigenvalue weighted by atomic mass is 16.1. The number of nitrogens with zero attached hydrogens (tertiary/aromatic N) is 1. The van der Waals surface area contributed by atoms with Gasteiger partial charge in [-0.3, -0.25) is 14.6 Å². The number of para-hydroxylation sites is 1. The number of benzene rings is 1. The number of nitrogens with one attached hydrogen (secondary N) is 1. The molecule has 0 unspecified atom stereocenters. The van der Waals surface area contributed by atoms with Crippen LogP contribution in [0.5, 0.6) is 0 Å². The molecule has 1 aliphatic carbocycles. The normalized spacial score (nSPS) is 19.5. The van der Waals surface area contributed by atoms with E-state index in [-0.39, 0.29) is 17.0 Å². The van der Waals surface area contributed by atoms with Gasteiger partial charge in [-0.05, 0) is 30.9 Å². The zero-order valence-electron chi connectivity index (χ0n) is 12.5. The van der Waals surface area contributed by atoms with E-state index in [0.29, 0.717) is 28.9 Å². The van der Waals surface area contributed by atoms with Gasteiger partial charge in [-0.15, -0.1) is 0 Å². The topological polar surface area (TPSA) is 58.5 Å². The van der Waals surface area contributed by atoms with Gasteiger partial charge in [-0.1, -0.05) is 19.9 Å². The highest BCUT2D eigenvalue weighted by molar-refractivity contribution is 6.17. The van der Waals surface area contributed by atoms with Crippen molar-refractivity contribution >= 4 is 29.2 Å². The van der Waals surface area contributed by atoms with Crippen molar-refractivity contribution < 1.29 is 9.59 Å². The van der Waals surface area contributed by atoms with Gasteiger partial charge in [0.15, 0.2) is 11.6 Å². The van der Waals surface area contributed by atoms with Gasteiger partial charge >= 0.3 is 0 Å². The number of rotatable bonds is 1. The fourth-order valence-electron chi connectivity index (χ4n) is 2.95. The Morgan fingerprint density at radius 3 is 2.76 bits per heavy atom. The summed E-state index contributed by atoms with van der Waals surface area (Å²) in [5.74, 6) is 0.0923. The minimum absolute atomic E-state index is 0.0139. The van der Waals surface area contributed by atoms with Crippen LogP contribution in [-0.2, 0) is 4.79 Å². The number of hydrogen-bond acceptors (Lipinski definition) is 4. The standard InChI is InChI=1S/C17H18N2O2/c1-10(20)11-5-4-6-13-16(11)19-14-7-17(2,3)8-15(21)12(14)9-18-13/h4-6,9,19H,7-8H2,1-3H3. The third kappa shape index (κ3) is 2.42. The van der Waals surface area contributed by atoms with Crippen LogP contribution in [0.15, 0.2) is 34.5 Å². The summed E-state index contributed by atoms with van der Waals surface area (Å²) in [5, 5.41) is 3.31. The van der Waals surface area contributed by atoms with E-state index in [4.69, 9.17) is 0 Å². The summed E-state index contributed by atoms with van der Waals surface area (Å²) in [6.07, 6.45) is 2.93. The quantitative estimate of drug-likeness (QED) is 0.800. The number of Topliss-reactive ketones (excluding diaryl/α,β-unsaturated/α-hetero) is 2. The van der Waals surface area contributed by atoms with Gasteiger partial charge in [0.2, 0.25) is 0 Å². The maximum atomic E-state index is 12.3. The Hall–Kier alpha value is -2.23. The number of hydrogen-bond donors (Lipinski definition) is 1. The number of ketones is 2. The molecule has 0 aromatic heterocycles. The zero-order valence-corrected chi connectivity index (χ0v) is 12.5. The fourth-order valence-corrected chi connectivity index (χ4v) is 2.95. The molecule has 1 heterocycles. The molecular formula is C17H18N2O2. The molecule has 2 aliphatic rings. The van der Waals surface area contributed by atoms with E-state index < -0.39 is 0 Å². The number of aliphatic imine (C=N–C) groups is 1. The Bertz CT molecular complexity index is 712. The lowest BCUT2D eigenvalue weighted by Crippen LogP contribution is -2.28. The van der Waals surface area contributed by atoms with Gasteiger partial charge in [0.05, 0.1) is 16.9 Å². The molecule has 4 nitrogen and oxygen atoms in total. The third-order valence-electron chi connectivity index (χ3n) is 3.95. The first-order valence-electron chi connectivity index (χ1n) is 7.09. The molecule has 1 aliphatic heterocycles. The van der Waals surface area contributed by atoms with Gasteiger partial charge in [-0.25, -0.2) is 0 Å². The van der Waals surface area contributed by atoms with Crippen molar-refractivity contribution in [1.82, 2.24) is 0 Å². The Balaban J connectivity index is 2.13. The van der Waals surface area contributed by atoms with Crippen LogP contribution in [0.4, 0.5) is 11.4 Å². The molecule has 0 atom stereocenters. The second-order valence-electron chi connectivity index (χ2n) is 6.47. The van der Waals surface area contributed by atoms with Crippen LogP contribution in [0.1, 0.15) is 44.0 Å². The Labute approximate surface area is 124 Å². The molecule has 21 heavy (non-hydrogen) atoms. The summed E-state index contributed by atoms with van der Waals surface area (Å²) in [4.78, 5) is 28.5. The molecule has 0 saturated carbocycles. The summed E-state index contributed by atoms with van der Waals surface area (Å²) in [6.45, 7) is 5.70. The number of anilines is 1. The van der Waals surface area contributed by atoms with Gasteiger partial charge in [0, 0.05) is 23.9 Å². The predicted octanol–water partition coefficient (Wildman–Crippen LogP) is 3.66. The fraction of sp³-hybridized carbons (Fsp3) is 0.353. The van der Waals surface area contributed by atoms with Crippen LogP contribution in [0.2, 0.25) is 0 Å². The monoisotopic (exact) mass is 282 g/mol. The van der Waals surface area contributed by atoms with Crippen molar-refractivity contribution in [2.45, 2.75) is 33.6 Å². The van der Waals surface area contributed by atoms with Crippen LogP contribution in [0, 0.1) is 5.41 Å². The van der Waals surface area contributed by atoms with Gasteiger partial charge in [-0.2, -0.15) is 0 Å². The molecule has 0 spiro atoms.